The van der Waals surface area contributed by atoms with E-state index >= 15 is 0 Å². The number of rotatable bonds is 6. The second-order valence-electron chi connectivity index (χ2n) is 7.36. The van der Waals surface area contributed by atoms with Crippen molar-refractivity contribution in [2.45, 2.75) is 20.8 Å². The number of hydrogen-bond acceptors (Lipinski definition) is 7. The summed E-state index contributed by atoms with van der Waals surface area (Å²) in [6.45, 7) is 9.19. The number of aromatic nitrogens is 1. The van der Waals surface area contributed by atoms with Gasteiger partial charge in [0.25, 0.3) is 3.90 Å². The predicted molar refractivity (Wildman–Crippen MR) is 121 cm³/mol. The normalized spacial score (nSPS) is 14.2. The van der Waals surface area contributed by atoms with E-state index in [2.05, 4.69) is 9.88 Å². The van der Waals surface area contributed by atoms with Gasteiger partial charge in [-0.3, -0.25) is 0 Å². The van der Waals surface area contributed by atoms with Crippen molar-refractivity contribution in [3.8, 4) is 11.3 Å². The van der Waals surface area contributed by atoms with Crippen LogP contribution in [0.1, 0.15) is 31.3 Å². The highest BCUT2D eigenvalue weighted by molar-refractivity contribution is 14.1. The molecule has 1 saturated heterocycles. The molecule has 0 saturated carbocycles. The average molecular weight is 527 g/mol. The summed E-state index contributed by atoms with van der Waals surface area (Å²) in [6, 6.07) is 7.76. The summed E-state index contributed by atoms with van der Waals surface area (Å²) >= 11 is 1.94. The fraction of sp³-hybridized carbons (Fsp3) is 0.476. The molecule has 0 N–H and O–H groups in total. The molecule has 2 aromatic rings. The first-order valence-electron chi connectivity index (χ1n) is 9.99. The quantitative estimate of drug-likeness (QED) is 0.414. The number of carbonyl (C=O) groups is 2. The van der Waals surface area contributed by atoms with Crippen LogP contribution in [0, 0.1) is 9.82 Å². The Balaban J connectivity index is 1.64. The molecule has 0 spiro atoms. The SMILES string of the molecule is CCOC(=O)c1nc(I)oc1-c1ccc(N2CCN(C(=O)OCC(C)C)CC2)cc1. The van der Waals surface area contributed by atoms with Gasteiger partial charge in [-0.25, -0.2) is 9.59 Å². The molecule has 1 amide bonds. The van der Waals surface area contributed by atoms with Gasteiger partial charge in [0.1, 0.15) is 0 Å². The molecule has 0 bridgehead atoms. The summed E-state index contributed by atoms with van der Waals surface area (Å²) in [5, 5.41) is 0. The second-order valence-corrected chi connectivity index (χ2v) is 8.28. The molecule has 0 radical (unpaired) electrons. The molecule has 3 rings (SSSR count). The van der Waals surface area contributed by atoms with E-state index in [-0.39, 0.29) is 18.4 Å². The number of anilines is 1. The molecule has 0 unspecified atom stereocenters. The van der Waals surface area contributed by atoms with Gasteiger partial charge in [0.15, 0.2) is 11.5 Å². The van der Waals surface area contributed by atoms with Crippen LogP contribution in [-0.2, 0) is 9.47 Å². The van der Waals surface area contributed by atoms with Crippen LogP contribution in [0.25, 0.3) is 11.3 Å². The Hall–Kier alpha value is -2.30. The maximum absolute atomic E-state index is 12.1. The van der Waals surface area contributed by atoms with E-state index in [9.17, 15) is 9.59 Å². The zero-order valence-electron chi connectivity index (χ0n) is 17.4. The van der Waals surface area contributed by atoms with Gasteiger partial charge in [0.05, 0.1) is 13.2 Å². The van der Waals surface area contributed by atoms with Gasteiger partial charge in [-0.1, -0.05) is 13.8 Å². The van der Waals surface area contributed by atoms with E-state index in [4.69, 9.17) is 13.9 Å². The highest BCUT2D eigenvalue weighted by Crippen LogP contribution is 2.29. The molecular formula is C21H26IN3O5. The van der Waals surface area contributed by atoms with Crippen molar-refractivity contribution < 1.29 is 23.5 Å². The molecule has 162 valence electrons. The van der Waals surface area contributed by atoms with Crippen LogP contribution in [0.2, 0.25) is 0 Å². The minimum Gasteiger partial charge on any atom is -0.461 e. The largest absolute Gasteiger partial charge is 0.461 e. The van der Waals surface area contributed by atoms with Gasteiger partial charge in [-0.15, -0.1) is 0 Å². The zero-order valence-corrected chi connectivity index (χ0v) is 19.5. The number of benzene rings is 1. The molecule has 8 nitrogen and oxygen atoms in total. The van der Waals surface area contributed by atoms with Crippen LogP contribution in [0.3, 0.4) is 0 Å². The maximum atomic E-state index is 12.1. The lowest BCUT2D eigenvalue weighted by atomic mass is 10.1. The Morgan fingerprint density at radius 1 is 1.13 bits per heavy atom. The van der Waals surface area contributed by atoms with Crippen molar-refractivity contribution in [2.75, 3.05) is 44.3 Å². The molecule has 1 aromatic carbocycles. The molecule has 30 heavy (non-hydrogen) atoms. The van der Waals surface area contributed by atoms with Crippen LogP contribution in [-0.4, -0.2) is 61.3 Å². The Kier molecular flexibility index (Phi) is 7.57. The number of ether oxygens (including phenoxy) is 2. The third-order valence-electron chi connectivity index (χ3n) is 4.64. The average Bonchev–Trinajstić information content (AvgIpc) is 3.14. The summed E-state index contributed by atoms with van der Waals surface area (Å²) in [5.41, 5.74) is 1.98. The van der Waals surface area contributed by atoms with E-state index in [1.54, 1.807) is 11.8 Å². The Bertz CT molecular complexity index is 873. The molecule has 1 aromatic heterocycles. The smallest absolute Gasteiger partial charge is 0.409 e. The van der Waals surface area contributed by atoms with Crippen molar-refractivity contribution in [1.29, 1.82) is 0 Å². The van der Waals surface area contributed by atoms with Gasteiger partial charge in [0.2, 0.25) is 0 Å². The van der Waals surface area contributed by atoms with Crippen molar-refractivity contribution in [3.05, 3.63) is 33.9 Å². The van der Waals surface area contributed by atoms with Crippen LogP contribution in [0.4, 0.5) is 10.5 Å². The van der Waals surface area contributed by atoms with Crippen molar-refractivity contribution in [3.63, 3.8) is 0 Å². The molecule has 1 fully saturated rings. The second kappa shape index (κ2) is 10.1. The van der Waals surface area contributed by atoms with Gasteiger partial charge in [-0.05, 0) is 37.1 Å². The van der Waals surface area contributed by atoms with E-state index in [0.717, 1.165) is 24.3 Å². The number of amides is 1. The van der Waals surface area contributed by atoms with Crippen molar-refractivity contribution >= 4 is 40.3 Å². The number of esters is 1. The lowest BCUT2D eigenvalue weighted by molar-refractivity contribution is 0.0520. The van der Waals surface area contributed by atoms with Gasteiger partial charge in [-0.2, -0.15) is 4.98 Å². The van der Waals surface area contributed by atoms with Gasteiger partial charge < -0.3 is 23.7 Å². The lowest BCUT2D eigenvalue weighted by Crippen LogP contribution is -2.49. The summed E-state index contributed by atoms with van der Waals surface area (Å²) in [5.74, 6) is 0.233. The lowest BCUT2D eigenvalue weighted by Gasteiger charge is -2.35. The first kappa shape index (κ1) is 22.4. The van der Waals surface area contributed by atoms with Gasteiger partial charge >= 0.3 is 12.1 Å². The highest BCUT2D eigenvalue weighted by atomic mass is 127. The first-order valence-corrected chi connectivity index (χ1v) is 11.1. The molecule has 0 atom stereocenters. The summed E-state index contributed by atoms with van der Waals surface area (Å²) in [4.78, 5) is 32.4. The summed E-state index contributed by atoms with van der Waals surface area (Å²) < 4.78 is 16.4. The minimum absolute atomic E-state index is 0.183. The zero-order chi connectivity index (χ0) is 21.7. The fourth-order valence-electron chi connectivity index (χ4n) is 3.13. The molecule has 0 aliphatic carbocycles. The first-order chi connectivity index (χ1) is 14.4. The number of oxazole rings is 1. The molecular weight excluding hydrogens is 501 g/mol. The Morgan fingerprint density at radius 2 is 1.80 bits per heavy atom. The van der Waals surface area contributed by atoms with Crippen LogP contribution >= 0.6 is 22.6 Å². The number of carbonyl (C=O) groups excluding carboxylic acids is 2. The Labute approximate surface area is 189 Å². The van der Waals surface area contributed by atoms with E-state index in [1.165, 1.54) is 0 Å². The Morgan fingerprint density at radius 3 is 2.40 bits per heavy atom. The number of hydrogen-bond donors (Lipinski definition) is 0. The fourth-order valence-corrected chi connectivity index (χ4v) is 3.59. The summed E-state index contributed by atoms with van der Waals surface area (Å²) in [6.07, 6.45) is -0.245. The number of halogens is 1. The van der Waals surface area contributed by atoms with Crippen LogP contribution < -0.4 is 4.90 Å². The maximum Gasteiger partial charge on any atom is 0.409 e. The van der Waals surface area contributed by atoms with Crippen LogP contribution in [0.5, 0.6) is 0 Å². The van der Waals surface area contributed by atoms with E-state index in [0.29, 0.717) is 35.3 Å². The topological polar surface area (TPSA) is 85.1 Å². The van der Waals surface area contributed by atoms with Gasteiger partial charge in [0, 0.05) is 60.0 Å². The standard InChI is InChI=1S/C21H26IN3O5/c1-4-28-19(26)17-18(30-20(22)23-17)15-5-7-16(8-6-15)24-9-11-25(12-10-24)21(27)29-13-14(2)3/h5-8,14H,4,9-13H2,1-3H3. The number of piperazine rings is 1. The van der Waals surface area contributed by atoms with E-state index < -0.39 is 5.97 Å². The van der Waals surface area contributed by atoms with Crippen molar-refractivity contribution in [2.24, 2.45) is 5.92 Å². The van der Waals surface area contributed by atoms with Crippen molar-refractivity contribution in [1.82, 2.24) is 9.88 Å². The van der Waals surface area contributed by atoms with E-state index in [1.807, 2.05) is 60.7 Å². The molecule has 2 heterocycles. The predicted octanol–water partition coefficient (Wildman–Crippen LogP) is 4.04. The molecule has 1 aliphatic heterocycles. The highest BCUT2D eigenvalue weighted by Gasteiger charge is 2.24. The molecule has 1 aliphatic rings. The third-order valence-corrected chi connectivity index (χ3v) is 5.10. The monoisotopic (exact) mass is 527 g/mol. The molecule has 9 heteroatoms. The number of nitrogens with zero attached hydrogens (tertiary/aromatic N) is 3. The van der Waals surface area contributed by atoms with Crippen LogP contribution in [0.15, 0.2) is 28.7 Å². The minimum atomic E-state index is -0.497. The third kappa shape index (κ3) is 5.44. The summed E-state index contributed by atoms with van der Waals surface area (Å²) in [7, 11) is 0.